The number of aliphatic carboxylic acids is 1. The molecule has 86 valence electrons. The molecular weight excluding hydrogens is 198 g/mol. The first-order valence-corrected chi connectivity index (χ1v) is 5.30. The van der Waals surface area contributed by atoms with Crippen LogP contribution in [0, 0.1) is 0 Å². The van der Waals surface area contributed by atoms with Gasteiger partial charge in [0.15, 0.2) is 0 Å². The molecule has 1 rings (SSSR count). The summed E-state index contributed by atoms with van der Waals surface area (Å²) in [5, 5.41) is 11.3. The van der Waals surface area contributed by atoms with Crippen molar-refractivity contribution in [1.82, 2.24) is 5.32 Å². The SMILES string of the molecule is CCCC(NC(=O)[C@@H]1CCCO1)C(=O)O. The molecule has 2 atom stereocenters. The Morgan fingerprint density at radius 2 is 2.33 bits per heavy atom. The van der Waals surface area contributed by atoms with E-state index < -0.39 is 18.1 Å². The van der Waals surface area contributed by atoms with Crippen LogP contribution in [0.5, 0.6) is 0 Å². The molecule has 15 heavy (non-hydrogen) atoms. The molecule has 5 heteroatoms. The monoisotopic (exact) mass is 215 g/mol. The van der Waals surface area contributed by atoms with E-state index in [2.05, 4.69) is 5.32 Å². The van der Waals surface area contributed by atoms with Gasteiger partial charge < -0.3 is 15.2 Å². The molecule has 0 spiro atoms. The normalized spacial score (nSPS) is 22.3. The highest BCUT2D eigenvalue weighted by Crippen LogP contribution is 2.12. The topological polar surface area (TPSA) is 75.6 Å². The van der Waals surface area contributed by atoms with Crippen LogP contribution in [0.2, 0.25) is 0 Å². The minimum atomic E-state index is -0.983. The number of hydrogen-bond acceptors (Lipinski definition) is 3. The van der Waals surface area contributed by atoms with Crippen molar-refractivity contribution < 1.29 is 19.4 Å². The van der Waals surface area contributed by atoms with Crippen molar-refractivity contribution >= 4 is 11.9 Å². The molecule has 0 aromatic carbocycles. The fraction of sp³-hybridized carbons (Fsp3) is 0.800. The minimum Gasteiger partial charge on any atom is -0.480 e. The van der Waals surface area contributed by atoms with Crippen LogP contribution in [0.15, 0.2) is 0 Å². The molecule has 0 bridgehead atoms. The lowest BCUT2D eigenvalue weighted by molar-refractivity contribution is -0.143. The Hall–Kier alpha value is -1.10. The highest BCUT2D eigenvalue weighted by atomic mass is 16.5. The number of carboxylic acids is 1. The Morgan fingerprint density at radius 3 is 2.80 bits per heavy atom. The van der Waals surface area contributed by atoms with Gasteiger partial charge >= 0.3 is 5.97 Å². The van der Waals surface area contributed by atoms with Crippen LogP contribution in [0.4, 0.5) is 0 Å². The van der Waals surface area contributed by atoms with E-state index in [-0.39, 0.29) is 5.91 Å². The van der Waals surface area contributed by atoms with Crippen molar-refractivity contribution in [2.45, 2.75) is 44.8 Å². The number of ether oxygens (including phenoxy) is 1. The van der Waals surface area contributed by atoms with E-state index in [4.69, 9.17) is 9.84 Å². The fourth-order valence-corrected chi connectivity index (χ4v) is 1.60. The molecule has 1 aliphatic rings. The molecule has 0 aromatic heterocycles. The summed E-state index contributed by atoms with van der Waals surface area (Å²) >= 11 is 0. The molecule has 0 saturated carbocycles. The predicted molar refractivity (Wildman–Crippen MR) is 53.4 cm³/mol. The number of carboxylic acid groups (broad SMARTS) is 1. The van der Waals surface area contributed by atoms with Crippen LogP contribution < -0.4 is 5.32 Å². The minimum absolute atomic E-state index is 0.298. The van der Waals surface area contributed by atoms with Gasteiger partial charge in [-0.3, -0.25) is 4.79 Å². The summed E-state index contributed by atoms with van der Waals surface area (Å²) in [6.07, 6.45) is 2.27. The van der Waals surface area contributed by atoms with Gasteiger partial charge in [-0.05, 0) is 19.3 Å². The zero-order valence-electron chi connectivity index (χ0n) is 8.86. The Kier molecular flexibility index (Phi) is 4.55. The molecule has 1 heterocycles. The summed E-state index contributed by atoms with van der Waals surface area (Å²) in [6, 6.07) is -0.785. The third-order valence-corrected chi connectivity index (χ3v) is 2.41. The first kappa shape index (κ1) is 12.0. The largest absolute Gasteiger partial charge is 0.480 e. The van der Waals surface area contributed by atoms with E-state index >= 15 is 0 Å². The Morgan fingerprint density at radius 1 is 1.60 bits per heavy atom. The summed E-state index contributed by atoms with van der Waals surface area (Å²) in [7, 11) is 0. The molecule has 5 nitrogen and oxygen atoms in total. The van der Waals surface area contributed by atoms with Gasteiger partial charge in [-0.25, -0.2) is 4.79 Å². The fourth-order valence-electron chi connectivity index (χ4n) is 1.60. The van der Waals surface area contributed by atoms with E-state index in [0.717, 1.165) is 12.8 Å². The van der Waals surface area contributed by atoms with Gasteiger partial charge in [0.05, 0.1) is 0 Å². The molecule has 0 aromatic rings. The molecule has 1 fully saturated rings. The summed E-state index contributed by atoms with van der Waals surface area (Å²) in [5.74, 6) is -1.28. The van der Waals surface area contributed by atoms with Crippen LogP contribution in [-0.2, 0) is 14.3 Å². The molecule has 0 radical (unpaired) electrons. The van der Waals surface area contributed by atoms with Gasteiger partial charge in [-0.2, -0.15) is 0 Å². The standard InChI is InChI=1S/C10H17NO4/c1-2-4-7(10(13)14)11-9(12)8-5-3-6-15-8/h7-8H,2-6H2,1H3,(H,11,12)(H,13,14)/t7?,8-/m0/s1. The van der Waals surface area contributed by atoms with E-state index in [1.54, 1.807) is 0 Å². The van der Waals surface area contributed by atoms with E-state index in [1.165, 1.54) is 0 Å². The summed E-state index contributed by atoms with van der Waals surface area (Å²) in [4.78, 5) is 22.3. The smallest absolute Gasteiger partial charge is 0.326 e. The van der Waals surface area contributed by atoms with Gasteiger partial charge in [-0.15, -0.1) is 0 Å². The first-order chi connectivity index (χ1) is 7.15. The van der Waals surface area contributed by atoms with Crippen LogP contribution in [0.25, 0.3) is 0 Å². The van der Waals surface area contributed by atoms with Crippen molar-refractivity contribution in [2.75, 3.05) is 6.61 Å². The third-order valence-electron chi connectivity index (χ3n) is 2.41. The van der Waals surface area contributed by atoms with E-state index in [0.29, 0.717) is 19.4 Å². The number of carbonyl (C=O) groups excluding carboxylic acids is 1. The van der Waals surface area contributed by atoms with Crippen molar-refractivity contribution in [2.24, 2.45) is 0 Å². The highest BCUT2D eigenvalue weighted by Gasteiger charge is 2.27. The Bertz CT molecular complexity index is 236. The van der Waals surface area contributed by atoms with Gasteiger partial charge in [-0.1, -0.05) is 13.3 Å². The van der Waals surface area contributed by atoms with Gasteiger partial charge in [0.25, 0.3) is 0 Å². The zero-order valence-corrected chi connectivity index (χ0v) is 8.86. The van der Waals surface area contributed by atoms with E-state index in [9.17, 15) is 9.59 Å². The molecule has 0 aliphatic carbocycles. The number of rotatable bonds is 5. The van der Waals surface area contributed by atoms with E-state index in [1.807, 2.05) is 6.92 Å². The molecule has 1 unspecified atom stereocenters. The average Bonchev–Trinajstić information content (AvgIpc) is 2.69. The maximum Gasteiger partial charge on any atom is 0.326 e. The molecule has 2 N–H and O–H groups in total. The van der Waals surface area contributed by atoms with Crippen molar-refractivity contribution in [3.05, 3.63) is 0 Å². The van der Waals surface area contributed by atoms with Gasteiger partial charge in [0, 0.05) is 6.61 Å². The third kappa shape index (κ3) is 3.51. The first-order valence-electron chi connectivity index (χ1n) is 5.30. The van der Waals surface area contributed by atoms with Gasteiger partial charge in [0.2, 0.25) is 5.91 Å². The van der Waals surface area contributed by atoms with Crippen molar-refractivity contribution in [3.63, 3.8) is 0 Å². The Balaban J connectivity index is 2.42. The summed E-state index contributed by atoms with van der Waals surface area (Å²) < 4.78 is 5.17. The van der Waals surface area contributed by atoms with Gasteiger partial charge in [0.1, 0.15) is 12.1 Å². The maximum atomic E-state index is 11.5. The van der Waals surface area contributed by atoms with Crippen molar-refractivity contribution in [3.8, 4) is 0 Å². The van der Waals surface area contributed by atoms with Crippen LogP contribution in [-0.4, -0.2) is 35.7 Å². The lowest BCUT2D eigenvalue weighted by Crippen LogP contribution is -2.45. The second kappa shape index (κ2) is 5.70. The quantitative estimate of drug-likeness (QED) is 0.701. The summed E-state index contributed by atoms with van der Waals surface area (Å²) in [5.41, 5.74) is 0. The molecule has 1 amide bonds. The maximum absolute atomic E-state index is 11.5. The lowest BCUT2D eigenvalue weighted by Gasteiger charge is -2.16. The zero-order chi connectivity index (χ0) is 11.3. The molecular formula is C10H17NO4. The highest BCUT2D eigenvalue weighted by molar-refractivity contribution is 5.86. The number of carbonyl (C=O) groups is 2. The number of amides is 1. The average molecular weight is 215 g/mol. The molecule has 1 saturated heterocycles. The summed E-state index contributed by atoms with van der Waals surface area (Å²) in [6.45, 7) is 2.47. The lowest BCUT2D eigenvalue weighted by atomic mass is 10.1. The number of nitrogens with one attached hydrogen (secondary N) is 1. The second-order valence-corrected chi connectivity index (χ2v) is 3.69. The predicted octanol–water partition coefficient (Wildman–Crippen LogP) is 0.535. The van der Waals surface area contributed by atoms with Crippen LogP contribution >= 0.6 is 0 Å². The van der Waals surface area contributed by atoms with Crippen LogP contribution in [0.3, 0.4) is 0 Å². The van der Waals surface area contributed by atoms with Crippen LogP contribution in [0.1, 0.15) is 32.6 Å². The Labute approximate surface area is 88.8 Å². The molecule has 1 aliphatic heterocycles. The second-order valence-electron chi connectivity index (χ2n) is 3.69. The number of hydrogen-bond donors (Lipinski definition) is 2. The van der Waals surface area contributed by atoms with Crippen molar-refractivity contribution in [1.29, 1.82) is 0 Å².